The highest BCUT2D eigenvalue weighted by Crippen LogP contribution is 2.21. The summed E-state index contributed by atoms with van der Waals surface area (Å²) in [5.74, 6) is -0.00576. The number of hydrogen-bond acceptors (Lipinski definition) is 7. The van der Waals surface area contributed by atoms with E-state index in [9.17, 15) is 9.50 Å². The van der Waals surface area contributed by atoms with Gasteiger partial charge in [0, 0.05) is 23.1 Å². The fourth-order valence-corrected chi connectivity index (χ4v) is 2.58. The lowest BCUT2D eigenvalue weighted by Crippen LogP contribution is -2.37. The van der Waals surface area contributed by atoms with E-state index in [1.807, 2.05) is 0 Å². The predicted octanol–water partition coefficient (Wildman–Crippen LogP) is 2.37. The molecular weight excluding hydrogens is 381 g/mol. The highest BCUT2D eigenvalue weighted by molar-refractivity contribution is 9.10. The number of hydrazone groups is 1. The molecule has 0 aliphatic carbocycles. The van der Waals surface area contributed by atoms with Crippen molar-refractivity contribution in [3.8, 4) is 5.75 Å². The number of phenolic OH excluding ortho intramolecular Hbond substituents is 1. The zero-order valence-electron chi connectivity index (χ0n) is 12.6. The van der Waals surface area contributed by atoms with Crippen molar-refractivity contribution in [1.82, 2.24) is 9.97 Å². The zero-order valence-corrected chi connectivity index (χ0v) is 14.2. The number of rotatable bonds is 4. The maximum Gasteiger partial charge on any atom is 0.245 e. The highest BCUT2D eigenvalue weighted by Gasteiger charge is 2.17. The molecule has 9 heteroatoms. The third kappa shape index (κ3) is 3.98. The Morgan fingerprint density at radius 3 is 2.96 bits per heavy atom. The fraction of sp³-hybridized carbons (Fsp3) is 0.267. The lowest BCUT2D eigenvalue weighted by atomic mass is 10.2. The Bertz CT molecular complexity index is 753. The Balaban J connectivity index is 1.73. The van der Waals surface area contributed by atoms with Gasteiger partial charge in [-0.2, -0.15) is 10.1 Å². The maximum absolute atomic E-state index is 13.9. The SMILES string of the molecule is Oc1ccc(Br)cc1/C=N/Nc1ncc(F)c(N2CCOCC2)n1. The van der Waals surface area contributed by atoms with Gasteiger partial charge in [0.25, 0.3) is 0 Å². The number of nitrogens with one attached hydrogen (secondary N) is 1. The molecule has 0 spiro atoms. The minimum Gasteiger partial charge on any atom is -0.507 e. The van der Waals surface area contributed by atoms with Crippen LogP contribution in [0.2, 0.25) is 0 Å². The van der Waals surface area contributed by atoms with E-state index in [1.165, 1.54) is 6.21 Å². The first-order chi connectivity index (χ1) is 11.6. The summed E-state index contributed by atoms with van der Waals surface area (Å²) < 4.78 is 20.0. The van der Waals surface area contributed by atoms with Crippen LogP contribution >= 0.6 is 15.9 Å². The molecule has 2 N–H and O–H groups in total. The van der Waals surface area contributed by atoms with Gasteiger partial charge < -0.3 is 14.7 Å². The molecule has 1 aliphatic heterocycles. The number of anilines is 2. The summed E-state index contributed by atoms with van der Waals surface area (Å²) in [6.07, 6.45) is 2.54. The minimum absolute atomic E-state index is 0.0952. The summed E-state index contributed by atoms with van der Waals surface area (Å²) in [5.41, 5.74) is 3.16. The molecule has 7 nitrogen and oxygen atoms in total. The third-order valence-electron chi connectivity index (χ3n) is 3.39. The molecule has 1 fully saturated rings. The molecule has 2 aromatic rings. The molecule has 2 heterocycles. The minimum atomic E-state index is -0.490. The number of ether oxygens (including phenoxy) is 1. The second-order valence-corrected chi connectivity index (χ2v) is 5.95. The van der Waals surface area contributed by atoms with Crippen molar-refractivity contribution >= 4 is 33.9 Å². The molecule has 0 amide bonds. The van der Waals surface area contributed by atoms with Gasteiger partial charge in [-0.1, -0.05) is 15.9 Å². The molecule has 1 aliphatic rings. The summed E-state index contributed by atoms with van der Waals surface area (Å²) >= 11 is 3.32. The van der Waals surface area contributed by atoms with Gasteiger partial charge in [0.1, 0.15) is 5.75 Å². The summed E-state index contributed by atoms with van der Waals surface area (Å²) in [4.78, 5) is 9.82. The molecule has 0 bridgehead atoms. The Kier molecular flexibility index (Phi) is 5.21. The summed E-state index contributed by atoms with van der Waals surface area (Å²) in [5, 5.41) is 13.7. The lowest BCUT2D eigenvalue weighted by Gasteiger charge is -2.27. The first-order valence-corrected chi connectivity index (χ1v) is 8.05. The Morgan fingerprint density at radius 1 is 1.38 bits per heavy atom. The topological polar surface area (TPSA) is 82.9 Å². The van der Waals surface area contributed by atoms with Gasteiger partial charge in [-0.05, 0) is 18.2 Å². The van der Waals surface area contributed by atoms with Crippen molar-refractivity contribution in [3.05, 3.63) is 40.2 Å². The van der Waals surface area contributed by atoms with Crippen molar-refractivity contribution in [2.75, 3.05) is 36.6 Å². The second kappa shape index (κ2) is 7.54. The van der Waals surface area contributed by atoms with E-state index in [0.29, 0.717) is 31.9 Å². The molecule has 1 aromatic carbocycles. The molecular formula is C15H15BrFN5O2. The number of morpholine rings is 1. The smallest absolute Gasteiger partial charge is 0.245 e. The summed E-state index contributed by atoms with van der Waals surface area (Å²) in [7, 11) is 0. The van der Waals surface area contributed by atoms with Crippen LogP contribution in [0.5, 0.6) is 5.75 Å². The average molecular weight is 396 g/mol. The summed E-state index contributed by atoms with van der Waals surface area (Å²) in [6, 6.07) is 4.99. The van der Waals surface area contributed by atoms with Crippen molar-refractivity contribution in [2.45, 2.75) is 0 Å². The first-order valence-electron chi connectivity index (χ1n) is 7.26. The van der Waals surface area contributed by atoms with Gasteiger partial charge in [0.2, 0.25) is 5.95 Å². The molecule has 1 aromatic heterocycles. The van der Waals surface area contributed by atoms with Crippen molar-refractivity contribution in [3.63, 3.8) is 0 Å². The number of benzene rings is 1. The monoisotopic (exact) mass is 395 g/mol. The molecule has 0 radical (unpaired) electrons. The van der Waals surface area contributed by atoms with Crippen LogP contribution in [-0.2, 0) is 4.74 Å². The van der Waals surface area contributed by atoms with E-state index in [4.69, 9.17) is 4.74 Å². The molecule has 0 unspecified atom stereocenters. The van der Waals surface area contributed by atoms with Crippen LogP contribution in [-0.4, -0.2) is 47.6 Å². The zero-order chi connectivity index (χ0) is 16.9. The quantitative estimate of drug-likeness (QED) is 0.610. The predicted molar refractivity (Wildman–Crippen MR) is 92.0 cm³/mol. The average Bonchev–Trinajstić information content (AvgIpc) is 2.60. The molecule has 0 atom stereocenters. The van der Waals surface area contributed by atoms with E-state index >= 15 is 0 Å². The van der Waals surface area contributed by atoms with Crippen LogP contribution in [0.4, 0.5) is 16.2 Å². The van der Waals surface area contributed by atoms with Crippen molar-refractivity contribution < 1.29 is 14.2 Å². The van der Waals surface area contributed by atoms with Crippen LogP contribution in [0.25, 0.3) is 0 Å². The van der Waals surface area contributed by atoms with Crippen LogP contribution in [0.15, 0.2) is 34.0 Å². The highest BCUT2D eigenvalue weighted by atomic mass is 79.9. The largest absolute Gasteiger partial charge is 0.507 e. The number of hydrogen-bond donors (Lipinski definition) is 2. The van der Waals surface area contributed by atoms with E-state index in [2.05, 4.69) is 36.4 Å². The van der Waals surface area contributed by atoms with E-state index < -0.39 is 5.82 Å². The van der Waals surface area contributed by atoms with Gasteiger partial charge in [0.05, 0.1) is 25.6 Å². The second-order valence-electron chi connectivity index (χ2n) is 5.04. The van der Waals surface area contributed by atoms with Gasteiger partial charge >= 0.3 is 0 Å². The van der Waals surface area contributed by atoms with Gasteiger partial charge in [-0.25, -0.2) is 14.8 Å². The van der Waals surface area contributed by atoms with Gasteiger partial charge in [0.15, 0.2) is 11.6 Å². The molecule has 24 heavy (non-hydrogen) atoms. The van der Waals surface area contributed by atoms with E-state index in [0.717, 1.165) is 10.7 Å². The maximum atomic E-state index is 13.9. The van der Waals surface area contributed by atoms with Crippen LogP contribution in [0.1, 0.15) is 5.56 Å². The number of halogens is 2. The number of nitrogens with zero attached hydrogens (tertiary/aromatic N) is 4. The molecule has 1 saturated heterocycles. The number of phenols is 1. The first kappa shape index (κ1) is 16.6. The van der Waals surface area contributed by atoms with Crippen molar-refractivity contribution in [1.29, 1.82) is 0 Å². The van der Waals surface area contributed by atoms with E-state index in [1.54, 1.807) is 23.1 Å². The Morgan fingerprint density at radius 2 is 2.17 bits per heavy atom. The van der Waals surface area contributed by atoms with Crippen molar-refractivity contribution in [2.24, 2.45) is 5.10 Å². The van der Waals surface area contributed by atoms with Gasteiger partial charge in [-0.15, -0.1) is 0 Å². The Labute approximate surface area is 146 Å². The molecule has 126 valence electrons. The number of aromatic hydroxyl groups is 1. The van der Waals surface area contributed by atoms with Crippen LogP contribution in [0, 0.1) is 5.82 Å². The third-order valence-corrected chi connectivity index (χ3v) is 3.89. The molecule has 0 saturated carbocycles. The summed E-state index contributed by atoms with van der Waals surface area (Å²) in [6.45, 7) is 2.21. The standard InChI is InChI=1S/C15H15BrFN5O2/c16-11-1-2-13(23)10(7-11)8-19-21-15-18-9-12(17)14(20-15)22-3-5-24-6-4-22/h1-2,7-9,23H,3-6H2,(H,18,20,21)/b19-8+. The van der Waals surface area contributed by atoms with Crippen LogP contribution < -0.4 is 10.3 Å². The fourth-order valence-electron chi connectivity index (χ4n) is 2.20. The van der Waals surface area contributed by atoms with E-state index in [-0.39, 0.29) is 17.5 Å². The van der Waals surface area contributed by atoms with Crippen LogP contribution in [0.3, 0.4) is 0 Å². The van der Waals surface area contributed by atoms with Gasteiger partial charge in [-0.3, -0.25) is 0 Å². The lowest BCUT2D eigenvalue weighted by molar-refractivity contribution is 0.122. The number of aromatic nitrogens is 2. The normalized spacial score (nSPS) is 15.0. The Hall–Kier alpha value is -2.26. The molecule has 3 rings (SSSR count).